The van der Waals surface area contributed by atoms with E-state index in [9.17, 15) is 4.79 Å². The normalized spacial score (nSPS) is 20.3. The topological polar surface area (TPSA) is 33.2 Å². The molecule has 3 nitrogen and oxygen atoms in total. The van der Waals surface area contributed by atoms with Crippen LogP contribution in [-0.4, -0.2) is 24.4 Å². The highest BCUT2D eigenvalue weighted by atomic mass is 32.1. The van der Waals surface area contributed by atoms with Gasteiger partial charge in [0.2, 0.25) is 0 Å². The first-order valence-corrected chi connectivity index (χ1v) is 8.29. The van der Waals surface area contributed by atoms with Crippen molar-refractivity contribution >= 4 is 22.8 Å². The third kappa shape index (κ3) is 3.56. The number of rotatable bonds is 5. The predicted octanol–water partition coefficient (Wildman–Crippen LogP) is 3.92. The van der Waals surface area contributed by atoms with Gasteiger partial charge in [-0.15, -0.1) is 0 Å². The van der Waals surface area contributed by atoms with Crippen LogP contribution in [0.5, 0.6) is 0 Å². The van der Waals surface area contributed by atoms with Crippen molar-refractivity contribution in [3.63, 3.8) is 0 Å². The first kappa shape index (κ1) is 14.5. The highest BCUT2D eigenvalue weighted by Crippen LogP contribution is 2.29. The summed E-state index contributed by atoms with van der Waals surface area (Å²) in [4.78, 5) is 18.9. The first-order valence-electron chi connectivity index (χ1n) is 7.48. The molecule has 2 rings (SSSR count). The molecule has 0 bridgehead atoms. The third-order valence-corrected chi connectivity index (χ3v) is 5.06. The highest BCUT2D eigenvalue weighted by Gasteiger charge is 2.20. The summed E-state index contributed by atoms with van der Waals surface area (Å²) >= 11 is 1.56. The van der Waals surface area contributed by atoms with Crippen LogP contribution in [-0.2, 0) is 6.42 Å². The number of carbonyl (C=O) groups is 1. The highest BCUT2D eigenvalue weighted by molar-refractivity contribution is 7.17. The van der Waals surface area contributed by atoms with Gasteiger partial charge in [-0.2, -0.15) is 0 Å². The third-order valence-electron chi connectivity index (χ3n) is 3.97. The zero-order valence-corrected chi connectivity index (χ0v) is 12.8. The standard InChI is InChI=1S/C15H24N2OS/c1-3-6-12-7-5-9-17(10-8-12)15-16-13(4-2)14(11-18)19-15/h11-12H,3-10H2,1-2H3. The molecule has 0 N–H and O–H groups in total. The van der Waals surface area contributed by atoms with E-state index in [2.05, 4.69) is 23.7 Å². The molecule has 0 spiro atoms. The van der Waals surface area contributed by atoms with Crippen molar-refractivity contribution in [2.45, 2.75) is 52.4 Å². The van der Waals surface area contributed by atoms with Crippen LogP contribution in [0.4, 0.5) is 5.13 Å². The monoisotopic (exact) mass is 280 g/mol. The van der Waals surface area contributed by atoms with Crippen LogP contribution in [0.3, 0.4) is 0 Å². The zero-order valence-electron chi connectivity index (χ0n) is 12.0. The molecule has 0 saturated carbocycles. The summed E-state index contributed by atoms with van der Waals surface area (Å²) in [6.07, 6.45) is 8.31. The molecule has 0 aliphatic carbocycles. The Morgan fingerprint density at radius 3 is 2.84 bits per heavy atom. The number of carbonyl (C=O) groups excluding carboxylic acids is 1. The summed E-state index contributed by atoms with van der Waals surface area (Å²) in [5, 5.41) is 1.05. The number of thiazole rings is 1. The quantitative estimate of drug-likeness (QED) is 0.766. The molecule has 1 fully saturated rings. The molecule has 1 saturated heterocycles. The van der Waals surface area contributed by atoms with E-state index < -0.39 is 0 Å². The largest absolute Gasteiger partial charge is 0.348 e. The molecule has 1 aromatic rings. The number of aldehydes is 1. The van der Waals surface area contributed by atoms with E-state index in [4.69, 9.17) is 0 Å². The SMILES string of the molecule is CCCC1CCCN(c2nc(CC)c(C=O)s2)CC1. The molecule has 1 atom stereocenters. The Labute approximate surface area is 120 Å². The lowest BCUT2D eigenvalue weighted by Crippen LogP contribution is -2.24. The average molecular weight is 280 g/mol. The fourth-order valence-corrected chi connectivity index (χ4v) is 3.90. The molecule has 0 amide bonds. The Balaban J connectivity index is 2.05. The van der Waals surface area contributed by atoms with Gasteiger partial charge in [-0.3, -0.25) is 4.79 Å². The average Bonchev–Trinajstić information content (AvgIpc) is 2.71. The minimum Gasteiger partial charge on any atom is -0.348 e. The molecular formula is C15H24N2OS. The van der Waals surface area contributed by atoms with E-state index >= 15 is 0 Å². The molecule has 4 heteroatoms. The molecule has 0 radical (unpaired) electrons. The summed E-state index contributed by atoms with van der Waals surface area (Å²) in [6, 6.07) is 0. The Morgan fingerprint density at radius 2 is 2.21 bits per heavy atom. The summed E-state index contributed by atoms with van der Waals surface area (Å²) in [5.74, 6) is 0.881. The fourth-order valence-electron chi connectivity index (χ4n) is 2.88. The molecule has 1 aromatic heterocycles. The second-order valence-electron chi connectivity index (χ2n) is 5.35. The van der Waals surface area contributed by atoms with E-state index in [1.54, 1.807) is 11.3 Å². The summed E-state index contributed by atoms with van der Waals surface area (Å²) in [5.41, 5.74) is 0.962. The van der Waals surface area contributed by atoms with Crippen LogP contribution in [0.15, 0.2) is 0 Å². The van der Waals surface area contributed by atoms with Crippen molar-refractivity contribution < 1.29 is 4.79 Å². The van der Waals surface area contributed by atoms with Gasteiger partial charge in [0.15, 0.2) is 11.4 Å². The maximum atomic E-state index is 11.0. The Morgan fingerprint density at radius 1 is 1.37 bits per heavy atom. The molecule has 1 unspecified atom stereocenters. The molecular weight excluding hydrogens is 256 g/mol. The Bertz CT molecular complexity index is 416. The number of anilines is 1. The first-order chi connectivity index (χ1) is 9.28. The second-order valence-corrected chi connectivity index (χ2v) is 6.36. The molecule has 1 aliphatic heterocycles. The van der Waals surface area contributed by atoms with Crippen molar-refractivity contribution in [3.8, 4) is 0 Å². The number of aromatic nitrogens is 1. The van der Waals surface area contributed by atoms with E-state index in [1.165, 1.54) is 32.1 Å². The predicted molar refractivity (Wildman–Crippen MR) is 81.3 cm³/mol. The minimum atomic E-state index is 0.812. The van der Waals surface area contributed by atoms with Crippen LogP contribution < -0.4 is 4.90 Å². The molecule has 19 heavy (non-hydrogen) atoms. The molecule has 2 heterocycles. The van der Waals surface area contributed by atoms with Gasteiger partial charge in [0.25, 0.3) is 0 Å². The van der Waals surface area contributed by atoms with Gasteiger partial charge in [0, 0.05) is 13.1 Å². The van der Waals surface area contributed by atoms with Crippen molar-refractivity contribution in [2.75, 3.05) is 18.0 Å². The van der Waals surface area contributed by atoms with Gasteiger partial charge in [-0.25, -0.2) is 4.98 Å². The maximum absolute atomic E-state index is 11.0. The van der Waals surface area contributed by atoms with Gasteiger partial charge in [0.1, 0.15) is 0 Å². The zero-order chi connectivity index (χ0) is 13.7. The smallest absolute Gasteiger partial charge is 0.186 e. The Kier molecular flexibility index (Phi) is 5.37. The van der Waals surface area contributed by atoms with Crippen molar-refractivity contribution in [3.05, 3.63) is 10.6 Å². The number of aryl methyl sites for hydroxylation is 1. The van der Waals surface area contributed by atoms with E-state index in [0.29, 0.717) is 0 Å². The van der Waals surface area contributed by atoms with Gasteiger partial charge in [-0.1, -0.05) is 38.0 Å². The lowest BCUT2D eigenvalue weighted by Gasteiger charge is -2.19. The van der Waals surface area contributed by atoms with Crippen LogP contribution >= 0.6 is 11.3 Å². The Hall–Kier alpha value is -0.900. The maximum Gasteiger partial charge on any atom is 0.186 e. The van der Waals surface area contributed by atoms with E-state index in [0.717, 1.165) is 47.4 Å². The van der Waals surface area contributed by atoms with Crippen molar-refractivity contribution in [1.29, 1.82) is 0 Å². The summed E-state index contributed by atoms with van der Waals surface area (Å²) in [7, 11) is 0. The summed E-state index contributed by atoms with van der Waals surface area (Å²) in [6.45, 7) is 6.52. The summed E-state index contributed by atoms with van der Waals surface area (Å²) < 4.78 is 0. The van der Waals surface area contributed by atoms with Gasteiger partial charge in [-0.05, 0) is 31.6 Å². The van der Waals surface area contributed by atoms with Crippen LogP contribution in [0.1, 0.15) is 61.3 Å². The van der Waals surface area contributed by atoms with Crippen molar-refractivity contribution in [1.82, 2.24) is 4.98 Å². The van der Waals surface area contributed by atoms with Gasteiger partial charge in [0.05, 0.1) is 10.6 Å². The lowest BCUT2D eigenvalue weighted by molar-refractivity contribution is 0.112. The van der Waals surface area contributed by atoms with Gasteiger partial charge >= 0.3 is 0 Å². The van der Waals surface area contributed by atoms with Crippen LogP contribution in [0.25, 0.3) is 0 Å². The molecule has 0 aromatic carbocycles. The van der Waals surface area contributed by atoms with Gasteiger partial charge < -0.3 is 4.90 Å². The number of nitrogens with zero attached hydrogens (tertiary/aromatic N) is 2. The fraction of sp³-hybridized carbons (Fsp3) is 0.733. The molecule has 106 valence electrons. The van der Waals surface area contributed by atoms with Crippen LogP contribution in [0, 0.1) is 5.92 Å². The second kappa shape index (κ2) is 7.04. The minimum absolute atomic E-state index is 0.812. The number of hydrogen-bond donors (Lipinski definition) is 0. The van der Waals surface area contributed by atoms with E-state index in [1.807, 2.05) is 0 Å². The van der Waals surface area contributed by atoms with Crippen molar-refractivity contribution in [2.24, 2.45) is 5.92 Å². The van der Waals surface area contributed by atoms with E-state index in [-0.39, 0.29) is 0 Å². The number of hydrogen-bond acceptors (Lipinski definition) is 4. The lowest BCUT2D eigenvalue weighted by atomic mass is 9.96. The molecule has 1 aliphatic rings. The van der Waals surface area contributed by atoms with Crippen LogP contribution in [0.2, 0.25) is 0 Å².